The van der Waals surface area contributed by atoms with E-state index in [1.807, 2.05) is 0 Å². The molecule has 0 aromatic heterocycles. The number of hydrogen-bond acceptors (Lipinski definition) is 1. The van der Waals surface area contributed by atoms with Crippen molar-refractivity contribution >= 4 is 44.2 Å². The maximum atomic E-state index is 4.40. The summed E-state index contributed by atoms with van der Waals surface area (Å²) in [6, 6.07) is 75.3. The number of fused-ring (bicyclic) bond motifs is 8. The summed E-state index contributed by atoms with van der Waals surface area (Å²) < 4.78 is 0. The molecule has 9 aromatic rings. The van der Waals surface area contributed by atoms with Crippen LogP contribution in [0.2, 0.25) is 0 Å². The predicted octanol–water partition coefficient (Wildman–Crippen LogP) is 17.2. The molecule has 0 heterocycles. The second-order valence-corrected chi connectivity index (χ2v) is 18.2. The summed E-state index contributed by atoms with van der Waals surface area (Å²) in [6.45, 7) is 6.56. The third-order valence-corrected chi connectivity index (χ3v) is 15.0. The van der Waals surface area contributed by atoms with Crippen molar-refractivity contribution < 1.29 is 0 Å². The van der Waals surface area contributed by atoms with E-state index in [-0.39, 0.29) is 5.41 Å². The van der Waals surface area contributed by atoms with E-state index < -0.39 is 5.41 Å². The summed E-state index contributed by atoms with van der Waals surface area (Å²) in [5, 5.41) is 5.06. The lowest BCUT2D eigenvalue weighted by atomic mass is 9.67. The van der Waals surface area contributed by atoms with E-state index in [0.29, 0.717) is 0 Å². The van der Waals surface area contributed by atoms with Crippen molar-refractivity contribution in [3.8, 4) is 22.3 Å². The Kier molecular flexibility index (Phi) is 9.42. The molecule has 312 valence electrons. The van der Waals surface area contributed by atoms with Crippen LogP contribution in [-0.2, 0) is 10.8 Å². The summed E-state index contributed by atoms with van der Waals surface area (Å²) >= 11 is 0. The SMILES string of the molecule is C=CC1=C(/C=C\C)C2(CCCCC2)c2cc(N(c3ccc4c(c3)C(c3ccccc3)(c3ccccc3)c3ccccc3-4)c3ccccc3-c3ccc4c(ccc5ccccc54)c3)ccc21. The van der Waals surface area contributed by atoms with E-state index in [9.17, 15) is 0 Å². The Morgan fingerprint density at radius 3 is 1.82 bits per heavy atom. The molecule has 1 spiro atoms. The molecule has 1 nitrogen and oxygen atoms in total. The Labute approximate surface area is 383 Å². The van der Waals surface area contributed by atoms with Gasteiger partial charge >= 0.3 is 0 Å². The monoisotopic (exact) mass is 833 g/mol. The zero-order valence-electron chi connectivity index (χ0n) is 37.0. The molecule has 1 fully saturated rings. The minimum absolute atomic E-state index is 0.0404. The Bertz CT molecular complexity index is 3340. The fourth-order valence-electron chi connectivity index (χ4n) is 12.3. The molecule has 0 aliphatic heterocycles. The van der Waals surface area contributed by atoms with Crippen molar-refractivity contribution in [1.29, 1.82) is 0 Å². The van der Waals surface area contributed by atoms with E-state index in [1.165, 1.54) is 113 Å². The molecule has 65 heavy (non-hydrogen) atoms. The van der Waals surface area contributed by atoms with E-state index in [1.54, 1.807) is 0 Å². The summed E-state index contributed by atoms with van der Waals surface area (Å²) in [5.74, 6) is 0. The Hall–Kier alpha value is -7.48. The maximum Gasteiger partial charge on any atom is 0.0714 e. The van der Waals surface area contributed by atoms with Gasteiger partial charge in [0, 0.05) is 22.4 Å². The second kappa shape index (κ2) is 15.6. The predicted molar refractivity (Wildman–Crippen MR) is 276 cm³/mol. The number of benzene rings is 9. The Morgan fingerprint density at radius 2 is 1.08 bits per heavy atom. The molecule has 0 bridgehead atoms. The highest BCUT2D eigenvalue weighted by atomic mass is 15.1. The average molecular weight is 834 g/mol. The van der Waals surface area contributed by atoms with Gasteiger partial charge in [-0.25, -0.2) is 0 Å². The average Bonchev–Trinajstić information content (AvgIpc) is 3.80. The fourth-order valence-corrected chi connectivity index (χ4v) is 12.3. The molecule has 12 rings (SSSR count). The van der Waals surface area contributed by atoms with Gasteiger partial charge < -0.3 is 4.90 Å². The summed E-state index contributed by atoms with van der Waals surface area (Å²) in [5.41, 5.74) is 18.5. The van der Waals surface area contributed by atoms with Crippen molar-refractivity contribution in [3.63, 3.8) is 0 Å². The first kappa shape index (κ1) is 39.1. The van der Waals surface area contributed by atoms with Gasteiger partial charge in [-0.3, -0.25) is 0 Å². The van der Waals surface area contributed by atoms with Crippen molar-refractivity contribution in [2.24, 2.45) is 0 Å². The van der Waals surface area contributed by atoms with Crippen LogP contribution >= 0.6 is 0 Å². The van der Waals surface area contributed by atoms with Crippen LogP contribution in [0.4, 0.5) is 17.1 Å². The lowest BCUT2D eigenvalue weighted by Crippen LogP contribution is -2.29. The first-order valence-corrected chi connectivity index (χ1v) is 23.5. The van der Waals surface area contributed by atoms with Crippen molar-refractivity contribution in [2.45, 2.75) is 49.9 Å². The molecule has 0 radical (unpaired) electrons. The van der Waals surface area contributed by atoms with Gasteiger partial charge in [0.25, 0.3) is 0 Å². The number of para-hydroxylation sites is 1. The van der Waals surface area contributed by atoms with Gasteiger partial charge in [0.2, 0.25) is 0 Å². The molecule has 0 atom stereocenters. The first-order chi connectivity index (χ1) is 32.1. The van der Waals surface area contributed by atoms with Gasteiger partial charge in [-0.15, -0.1) is 0 Å². The highest BCUT2D eigenvalue weighted by Crippen LogP contribution is 2.59. The second-order valence-electron chi connectivity index (χ2n) is 18.2. The molecule has 1 heteroatoms. The van der Waals surface area contributed by atoms with Gasteiger partial charge in [0.15, 0.2) is 0 Å². The zero-order valence-corrected chi connectivity index (χ0v) is 37.0. The van der Waals surface area contributed by atoms with E-state index in [0.717, 1.165) is 24.2 Å². The summed E-state index contributed by atoms with van der Waals surface area (Å²) in [7, 11) is 0. The molecule has 0 saturated heterocycles. The zero-order chi connectivity index (χ0) is 43.5. The van der Waals surface area contributed by atoms with Crippen molar-refractivity contribution in [2.75, 3.05) is 4.90 Å². The number of anilines is 3. The molecule has 3 aliphatic rings. The van der Waals surface area contributed by atoms with Crippen LogP contribution in [0.5, 0.6) is 0 Å². The van der Waals surface area contributed by atoms with Crippen molar-refractivity contribution in [3.05, 3.63) is 264 Å². The number of allylic oxidation sites excluding steroid dienone is 5. The summed E-state index contributed by atoms with van der Waals surface area (Å²) in [6.07, 6.45) is 12.8. The molecular formula is C64H51N. The van der Waals surface area contributed by atoms with Gasteiger partial charge in [0.1, 0.15) is 0 Å². The third kappa shape index (κ3) is 5.92. The minimum atomic E-state index is -0.523. The summed E-state index contributed by atoms with van der Waals surface area (Å²) in [4.78, 5) is 2.56. The standard InChI is InChI=1S/C64H51N/c1-3-20-58-51(4-2)56-37-34-49(42-60(56)63(58)39-18-7-19-40-63)65(62-30-17-15-27-54(62)46-33-36-53-45(41-46)32-31-44-21-12-13-26-52(44)53)50-35-38-57-55-28-14-16-29-59(55)64(61(57)43-50,47-22-8-5-9-23-47)48-24-10-6-11-25-48/h3-6,8-17,20-38,41-43H,2,7,18-19,39-40H2,1H3/b20-3-. The molecule has 0 N–H and O–H groups in total. The van der Waals surface area contributed by atoms with Gasteiger partial charge in [-0.1, -0.05) is 208 Å². The van der Waals surface area contributed by atoms with Gasteiger partial charge in [-0.05, 0) is 139 Å². The van der Waals surface area contributed by atoms with Crippen LogP contribution in [0.3, 0.4) is 0 Å². The highest BCUT2D eigenvalue weighted by Gasteiger charge is 2.47. The highest BCUT2D eigenvalue weighted by molar-refractivity contribution is 6.09. The normalized spacial score (nSPS) is 15.6. The van der Waals surface area contributed by atoms with Gasteiger partial charge in [0.05, 0.1) is 11.1 Å². The topological polar surface area (TPSA) is 3.24 Å². The van der Waals surface area contributed by atoms with E-state index in [4.69, 9.17) is 0 Å². The van der Waals surface area contributed by atoms with Crippen LogP contribution in [0, 0.1) is 0 Å². The van der Waals surface area contributed by atoms with Crippen LogP contribution in [0.1, 0.15) is 72.4 Å². The fraction of sp³-hybridized carbons (Fsp3) is 0.125. The number of nitrogens with zero attached hydrogens (tertiary/aromatic N) is 1. The Balaban J connectivity index is 1.12. The molecule has 0 amide bonds. The molecule has 3 aliphatic carbocycles. The molecule has 0 unspecified atom stereocenters. The Morgan fingerprint density at radius 1 is 0.477 bits per heavy atom. The number of hydrogen-bond donors (Lipinski definition) is 0. The molecular weight excluding hydrogens is 783 g/mol. The van der Waals surface area contributed by atoms with Crippen LogP contribution < -0.4 is 4.90 Å². The van der Waals surface area contributed by atoms with E-state index >= 15 is 0 Å². The molecule has 9 aromatic carbocycles. The lowest BCUT2D eigenvalue weighted by molar-refractivity contribution is 0.350. The molecule has 1 saturated carbocycles. The van der Waals surface area contributed by atoms with Crippen molar-refractivity contribution in [1.82, 2.24) is 0 Å². The lowest BCUT2D eigenvalue weighted by Gasteiger charge is -2.38. The van der Waals surface area contributed by atoms with Gasteiger partial charge in [-0.2, -0.15) is 0 Å². The minimum Gasteiger partial charge on any atom is -0.310 e. The van der Waals surface area contributed by atoms with Crippen LogP contribution in [0.25, 0.3) is 49.4 Å². The van der Waals surface area contributed by atoms with E-state index in [2.05, 4.69) is 237 Å². The quantitative estimate of drug-likeness (QED) is 0.138. The van der Waals surface area contributed by atoms with Crippen LogP contribution in [0.15, 0.2) is 231 Å². The van der Waals surface area contributed by atoms with Crippen LogP contribution in [-0.4, -0.2) is 0 Å². The smallest absolute Gasteiger partial charge is 0.0714 e. The first-order valence-electron chi connectivity index (χ1n) is 23.5. The third-order valence-electron chi connectivity index (χ3n) is 15.0. The number of rotatable bonds is 8. The largest absolute Gasteiger partial charge is 0.310 e. The maximum absolute atomic E-state index is 4.40.